The molecule has 5 heteroatoms. The average molecular weight is 280 g/mol. The van der Waals surface area contributed by atoms with E-state index in [-0.39, 0.29) is 5.56 Å². The zero-order valence-corrected chi connectivity index (χ0v) is 11.9. The monoisotopic (exact) mass is 280 g/mol. The summed E-state index contributed by atoms with van der Waals surface area (Å²) in [6, 6.07) is 13.3. The summed E-state index contributed by atoms with van der Waals surface area (Å²) in [6.07, 6.45) is 3.38. The highest BCUT2D eigenvalue weighted by molar-refractivity contribution is 5.61. The van der Waals surface area contributed by atoms with Gasteiger partial charge in [-0.15, -0.1) is 0 Å². The van der Waals surface area contributed by atoms with Crippen LogP contribution in [0, 0.1) is 6.92 Å². The first-order chi connectivity index (χ1) is 10.2. The van der Waals surface area contributed by atoms with E-state index in [1.807, 2.05) is 61.1 Å². The number of anilines is 2. The number of benzene rings is 1. The van der Waals surface area contributed by atoms with Crippen molar-refractivity contribution in [1.82, 2.24) is 14.3 Å². The SMILES string of the molecule is Cc1c(Nc2ccncc2)c(=O)n(-c2ccccc2)n1C. The molecular weight excluding hydrogens is 264 g/mol. The summed E-state index contributed by atoms with van der Waals surface area (Å²) in [4.78, 5) is 16.7. The van der Waals surface area contributed by atoms with E-state index in [0.717, 1.165) is 17.1 Å². The Morgan fingerprint density at radius 2 is 1.71 bits per heavy atom. The standard InChI is InChI=1S/C16H16N4O/c1-12-15(18-13-8-10-17-11-9-13)16(21)20(19(12)2)14-6-4-3-5-7-14/h3-11H,1-2H3,(H,17,18). The Hall–Kier alpha value is -2.82. The third-order valence-electron chi connectivity index (χ3n) is 3.50. The molecule has 0 aliphatic heterocycles. The van der Waals surface area contributed by atoms with Crippen LogP contribution < -0.4 is 10.9 Å². The van der Waals surface area contributed by atoms with Crippen molar-refractivity contribution in [1.29, 1.82) is 0 Å². The minimum atomic E-state index is -0.0713. The van der Waals surface area contributed by atoms with Crippen LogP contribution in [-0.4, -0.2) is 14.3 Å². The molecule has 0 saturated carbocycles. The Bertz CT molecular complexity index is 804. The van der Waals surface area contributed by atoms with Crippen LogP contribution in [0.2, 0.25) is 0 Å². The smallest absolute Gasteiger partial charge is 0.295 e. The second-order valence-corrected chi connectivity index (χ2v) is 4.80. The van der Waals surface area contributed by atoms with Crippen LogP contribution in [0.3, 0.4) is 0 Å². The summed E-state index contributed by atoms with van der Waals surface area (Å²) < 4.78 is 3.50. The summed E-state index contributed by atoms with van der Waals surface area (Å²) in [7, 11) is 1.88. The fraction of sp³-hybridized carbons (Fsp3) is 0.125. The first kappa shape index (κ1) is 13.2. The van der Waals surface area contributed by atoms with Gasteiger partial charge in [-0.25, -0.2) is 4.68 Å². The van der Waals surface area contributed by atoms with E-state index in [4.69, 9.17) is 0 Å². The maximum absolute atomic E-state index is 12.7. The number of para-hydroxylation sites is 1. The Morgan fingerprint density at radius 3 is 2.38 bits per heavy atom. The predicted molar refractivity (Wildman–Crippen MR) is 83.3 cm³/mol. The topological polar surface area (TPSA) is 51.9 Å². The van der Waals surface area contributed by atoms with E-state index in [1.165, 1.54) is 0 Å². The highest BCUT2D eigenvalue weighted by atomic mass is 16.1. The molecule has 0 aliphatic rings. The Labute approximate surface area is 122 Å². The van der Waals surface area contributed by atoms with Gasteiger partial charge in [0.25, 0.3) is 5.56 Å². The minimum Gasteiger partial charge on any atom is -0.349 e. The maximum Gasteiger partial charge on any atom is 0.295 e. The summed E-state index contributed by atoms with van der Waals surface area (Å²) in [5, 5.41) is 3.18. The van der Waals surface area contributed by atoms with Crippen LogP contribution in [0.25, 0.3) is 5.69 Å². The molecule has 2 heterocycles. The lowest BCUT2D eigenvalue weighted by Crippen LogP contribution is -2.20. The summed E-state index contributed by atoms with van der Waals surface area (Å²) >= 11 is 0. The van der Waals surface area contributed by atoms with Gasteiger partial charge in [0.2, 0.25) is 0 Å². The van der Waals surface area contributed by atoms with Gasteiger partial charge in [0.05, 0.1) is 11.4 Å². The Kier molecular flexibility index (Phi) is 3.31. The average Bonchev–Trinajstić information content (AvgIpc) is 2.73. The van der Waals surface area contributed by atoms with Crippen LogP contribution in [0.5, 0.6) is 0 Å². The zero-order valence-electron chi connectivity index (χ0n) is 11.9. The molecule has 21 heavy (non-hydrogen) atoms. The highest BCUT2D eigenvalue weighted by Gasteiger charge is 2.15. The van der Waals surface area contributed by atoms with Gasteiger partial charge in [0.15, 0.2) is 0 Å². The molecule has 3 aromatic rings. The fourth-order valence-corrected chi connectivity index (χ4v) is 2.29. The molecule has 0 spiro atoms. The number of nitrogens with one attached hydrogen (secondary N) is 1. The van der Waals surface area contributed by atoms with Gasteiger partial charge in [0.1, 0.15) is 5.69 Å². The Balaban J connectivity index is 2.10. The van der Waals surface area contributed by atoms with Crippen LogP contribution in [0.15, 0.2) is 59.7 Å². The molecule has 0 saturated heterocycles. The van der Waals surface area contributed by atoms with Gasteiger partial charge in [-0.3, -0.25) is 14.5 Å². The lowest BCUT2D eigenvalue weighted by molar-refractivity contribution is 0.630. The van der Waals surface area contributed by atoms with Crippen molar-refractivity contribution in [3.05, 3.63) is 70.9 Å². The lowest BCUT2D eigenvalue weighted by Gasteiger charge is -2.07. The number of hydrogen-bond acceptors (Lipinski definition) is 3. The quantitative estimate of drug-likeness (QED) is 0.802. The van der Waals surface area contributed by atoms with E-state index in [9.17, 15) is 4.79 Å². The van der Waals surface area contributed by atoms with Crippen LogP contribution in [0.4, 0.5) is 11.4 Å². The largest absolute Gasteiger partial charge is 0.349 e. The summed E-state index contributed by atoms with van der Waals surface area (Å²) in [6.45, 7) is 1.92. The van der Waals surface area contributed by atoms with Crippen molar-refractivity contribution in [3.8, 4) is 5.69 Å². The van der Waals surface area contributed by atoms with Crippen LogP contribution >= 0.6 is 0 Å². The van der Waals surface area contributed by atoms with Crippen molar-refractivity contribution in [2.45, 2.75) is 6.92 Å². The molecule has 1 N–H and O–H groups in total. The van der Waals surface area contributed by atoms with Gasteiger partial charge in [-0.1, -0.05) is 18.2 Å². The number of rotatable bonds is 3. The molecule has 0 unspecified atom stereocenters. The van der Waals surface area contributed by atoms with Crippen LogP contribution in [0.1, 0.15) is 5.69 Å². The molecule has 0 amide bonds. The van der Waals surface area contributed by atoms with Crippen molar-refractivity contribution in [2.24, 2.45) is 7.05 Å². The molecule has 3 rings (SSSR count). The Morgan fingerprint density at radius 1 is 1.05 bits per heavy atom. The zero-order chi connectivity index (χ0) is 14.8. The molecule has 0 aliphatic carbocycles. The van der Waals surface area contributed by atoms with Gasteiger partial charge in [0, 0.05) is 25.1 Å². The second-order valence-electron chi connectivity index (χ2n) is 4.80. The first-order valence-corrected chi connectivity index (χ1v) is 6.69. The molecule has 0 bridgehead atoms. The molecule has 1 aromatic carbocycles. The van der Waals surface area contributed by atoms with E-state index >= 15 is 0 Å². The normalized spacial score (nSPS) is 10.6. The molecule has 2 aromatic heterocycles. The third kappa shape index (κ3) is 2.33. The van der Waals surface area contributed by atoms with Crippen molar-refractivity contribution >= 4 is 11.4 Å². The molecule has 106 valence electrons. The van der Waals surface area contributed by atoms with Crippen LogP contribution in [-0.2, 0) is 7.05 Å². The van der Waals surface area contributed by atoms with E-state index in [0.29, 0.717) is 5.69 Å². The van der Waals surface area contributed by atoms with E-state index in [1.54, 1.807) is 17.1 Å². The number of aromatic nitrogens is 3. The van der Waals surface area contributed by atoms with Gasteiger partial charge >= 0.3 is 0 Å². The molecule has 0 atom stereocenters. The first-order valence-electron chi connectivity index (χ1n) is 6.69. The van der Waals surface area contributed by atoms with Crippen molar-refractivity contribution in [3.63, 3.8) is 0 Å². The highest BCUT2D eigenvalue weighted by Crippen LogP contribution is 2.18. The van der Waals surface area contributed by atoms with Gasteiger partial charge in [-0.2, -0.15) is 0 Å². The number of hydrogen-bond donors (Lipinski definition) is 1. The molecule has 5 nitrogen and oxygen atoms in total. The number of pyridine rings is 1. The van der Waals surface area contributed by atoms with E-state index < -0.39 is 0 Å². The van der Waals surface area contributed by atoms with E-state index in [2.05, 4.69) is 10.3 Å². The fourth-order valence-electron chi connectivity index (χ4n) is 2.29. The summed E-state index contributed by atoms with van der Waals surface area (Å²) in [5.74, 6) is 0. The minimum absolute atomic E-state index is 0.0713. The summed E-state index contributed by atoms with van der Waals surface area (Å²) in [5.41, 5.74) is 3.07. The number of nitrogens with zero attached hydrogens (tertiary/aromatic N) is 3. The molecule has 0 radical (unpaired) electrons. The molecule has 0 fully saturated rings. The van der Waals surface area contributed by atoms with Crippen molar-refractivity contribution in [2.75, 3.05) is 5.32 Å². The second kappa shape index (κ2) is 5.28. The van der Waals surface area contributed by atoms with Crippen molar-refractivity contribution < 1.29 is 0 Å². The molecular formula is C16H16N4O. The van der Waals surface area contributed by atoms with Gasteiger partial charge in [-0.05, 0) is 31.2 Å². The predicted octanol–water partition coefficient (Wildman–Crippen LogP) is 2.62. The van der Waals surface area contributed by atoms with Gasteiger partial charge < -0.3 is 5.32 Å². The third-order valence-corrected chi connectivity index (χ3v) is 3.50. The maximum atomic E-state index is 12.7. The lowest BCUT2D eigenvalue weighted by atomic mass is 10.3.